The van der Waals surface area contributed by atoms with Crippen LogP contribution in [0.2, 0.25) is 0 Å². The van der Waals surface area contributed by atoms with Gasteiger partial charge >= 0.3 is 0 Å². The molecule has 0 aliphatic heterocycles. The normalized spacial score (nSPS) is 10.6. The molecule has 2 aromatic rings. The first-order valence-electron chi connectivity index (χ1n) is 5.54. The standard InChI is InChI=1S/C14H17NO/c1-11-13(8-9-16-2)14(10-15-11)12-6-4-3-5-7-12/h3-7,10,15H,8-9H2,1-2H3. The average Bonchev–Trinajstić information content (AvgIpc) is 2.69. The molecule has 0 fully saturated rings. The quantitative estimate of drug-likeness (QED) is 0.832. The van der Waals surface area contributed by atoms with Gasteiger partial charge in [0.2, 0.25) is 0 Å². The number of H-pyrrole nitrogens is 1. The first-order chi connectivity index (χ1) is 7.83. The Morgan fingerprint density at radius 3 is 2.62 bits per heavy atom. The Labute approximate surface area is 96.3 Å². The molecule has 0 radical (unpaired) electrons. The van der Waals surface area contributed by atoms with E-state index in [9.17, 15) is 0 Å². The molecular weight excluding hydrogens is 198 g/mol. The van der Waals surface area contributed by atoms with Gasteiger partial charge in [-0.25, -0.2) is 0 Å². The van der Waals surface area contributed by atoms with E-state index in [0.717, 1.165) is 13.0 Å². The minimum absolute atomic E-state index is 0.762. The molecule has 1 aromatic heterocycles. The van der Waals surface area contributed by atoms with Crippen LogP contribution in [0.15, 0.2) is 36.5 Å². The van der Waals surface area contributed by atoms with Crippen LogP contribution >= 0.6 is 0 Å². The molecule has 2 heteroatoms. The Balaban J connectivity index is 2.34. The van der Waals surface area contributed by atoms with Crippen LogP contribution in [0.3, 0.4) is 0 Å². The zero-order valence-corrected chi connectivity index (χ0v) is 9.79. The molecule has 0 spiro atoms. The highest BCUT2D eigenvalue weighted by Crippen LogP contribution is 2.26. The molecule has 1 N–H and O–H groups in total. The predicted molar refractivity (Wildman–Crippen MR) is 66.5 cm³/mol. The van der Waals surface area contributed by atoms with Crippen LogP contribution in [0.1, 0.15) is 11.3 Å². The number of methoxy groups -OCH3 is 1. The van der Waals surface area contributed by atoms with Gasteiger partial charge in [-0.3, -0.25) is 0 Å². The molecule has 2 rings (SSSR count). The van der Waals surface area contributed by atoms with E-state index in [0.29, 0.717) is 0 Å². The lowest BCUT2D eigenvalue weighted by Gasteiger charge is -2.05. The zero-order chi connectivity index (χ0) is 11.4. The van der Waals surface area contributed by atoms with Gasteiger partial charge in [-0.1, -0.05) is 30.3 Å². The molecule has 0 saturated carbocycles. The molecule has 0 bridgehead atoms. The van der Waals surface area contributed by atoms with E-state index >= 15 is 0 Å². The van der Waals surface area contributed by atoms with E-state index in [1.54, 1.807) is 7.11 Å². The topological polar surface area (TPSA) is 25.0 Å². The minimum atomic E-state index is 0.762. The van der Waals surface area contributed by atoms with E-state index in [2.05, 4.69) is 42.4 Å². The van der Waals surface area contributed by atoms with Crippen molar-refractivity contribution in [1.29, 1.82) is 0 Å². The van der Waals surface area contributed by atoms with Crippen LogP contribution in [0.5, 0.6) is 0 Å². The van der Waals surface area contributed by atoms with E-state index in [1.807, 2.05) is 6.07 Å². The highest BCUT2D eigenvalue weighted by atomic mass is 16.5. The van der Waals surface area contributed by atoms with Gasteiger partial charge in [0.05, 0.1) is 6.61 Å². The Kier molecular flexibility index (Phi) is 3.42. The van der Waals surface area contributed by atoms with Crippen molar-refractivity contribution in [3.63, 3.8) is 0 Å². The summed E-state index contributed by atoms with van der Waals surface area (Å²) in [6.07, 6.45) is 3.03. The summed E-state index contributed by atoms with van der Waals surface area (Å²) in [4.78, 5) is 3.29. The summed E-state index contributed by atoms with van der Waals surface area (Å²) in [5.41, 5.74) is 5.14. The lowest BCUT2D eigenvalue weighted by atomic mass is 10.0. The molecule has 0 aliphatic rings. The monoisotopic (exact) mass is 215 g/mol. The summed E-state index contributed by atoms with van der Waals surface area (Å²) >= 11 is 0. The predicted octanol–water partition coefficient (Wildman–Crippen LogP) is 3.18. The van der Waals surface area contributed by atoms with Gasteiger partial charge in [-0.15, -0.1) is 0 Å². The maximum absolute atomic E-state index is 5.15. The van der Waals surface area contributed by atoms with Crippen molar-refractivity contribution in [2.45, 2.75) is 13.3 Å². The van der Waals surface area contributed by atoms with E-state index in [-0.39, 0.29) is 0 Å². The number of rotatable bonds is 4. The number of aromatic nitrogens is 1. The second-order valence-corrected chi connectivity index (χ2v) is 3.91. The molecule has 2 nitrogen and oxygen atoms in total. The second kappa shape index (κ2) is 4.99. The SMILES string of the molecule is COCCc1c(-c2ccccc2)c[nH]c1C. The van der Waals surface area contributed by atoms with Crippen LogP contribution in [0.4, 0.5) is 0 Å². The number of nitrogens with one attached hydrogen (secondary N) is 1. The van der Waals surface area contributed by atoms with Crippen LogP contribution in [-0.4, -0.2) is 18.7 Å². The molecule has 84 valence electrons. The van der Waals surface area contributed by atoms with Gasteiger partial charge in [0.1, 0.15) is 0 Å². The van der Waals surface area contributed by atoms with Gasteiger partial charge < -0.3 is 9.72 Å². The maximum atomic E-state index is 5.15. The smallest absolute Gasteiger partial charge is 0.0503 e. The van der Waals surface area contributed by atoms with Crippen LogP contribution in [-0.2, 0) is 11.2 Å². The fourth-order valence-corrected chi connectivity index (χ4v) is 1.96. The number of benzene rings is 1. The van der Waals surface area contributed by atoms with Crippen molar-refractivity contribution in [3.05, 3.63) is 47.8 Å². The van der Waals surface area contributed by atoms with Crippen molar-refractivity contribution in [2.24, 2.45) is 0 Å². The number of aryl methyl sites for hydroxylation is 1. The Morgan fingerprint density at radius 1 is 1.19 bits per heavy atom. The number of hydrogen-bond acceptors (Lipinski definition) is 1. The Bertz CT molecular complexity index is 445. The summed E-state index contributed by atoms with van der Waals surface area (Å²) in [7, 11) is 1.74. The summed E-state index contributed by atoms with van der Waals surface area (Å²) in [5, 5.41) is 0. The number of hydrogen-bond donors (Lipinski definition) is 1. The molecule has 1 aromatic carbocycles. The number of ether oxygens (including phenoxy) is 1. The largest absolute Gasteiger partial charge is 0.384 e. The third kappa shape index (κ3) is 2.17. The molecule has 1 heterocycles. The lowest BCUT2D eigenvalue weighted by Crippen LogP contribution is -1.96. The third-order valence-corrected chi connectivity index (χ3v) is 2.85. The number of aromatic amines is 1. The fourth-order valence-electron chi connectivity index (χ4n) is 1.96. The van der Waals surface area contributed by atoms with Crippen LogP contribution in [0.25, 0.3) is 11.1 Å². The summed E-state index contributed by atoms with van der Waals surface area (Å²) < 4.78 is 5.15. The molecule has 16 heavy (non-hydrogen) atoms. The molecule has 0 amide bonds. The van der Waals surface area contributed by atoms with E-state index < -0.39 is 0 Å². The average molecular weight is 215 g/mol. The van der Waals surface area contributed by atoms with Crippen molar-refractivity contribution in [1.82, 2.24) is 4.98 Å². The molecule has 0 aliphatic carbocycles. The molecule has 0 atom stereocenters. The maximum Gasteiger partial charge on any atom is 0.0503 e. The highest BCUT2D eigenvalue weighted by Gasteiger charge is 2.09. The molecular formula is C14H17NO. The van der Waals surface area contributed by atoms with Gasteiger partial charge in [0, 0.05) is 24.6 Å². The van der Waals surface area contributed by atoms with Gasteiger partial charge in [-0.2, -0.15) is 0 Å². The third-order valence-electron chi connectivity index (χ3n) is 2.85. The Hall–Kier alpha value is -1.54. The first kappa shape index (κ1) is 11.0. The van der Waals surface area contributed by atoms with E-state index in [4.69, 9.17) is 4.74 Å². The van der Waals surface area contributed by atoms with Crippen molar-refractivity contribution >= 4 is 0 Å². The van der Waals surface area contributed by atoms with Crippen molar-refractivity contribution in [2.75, 3.05) is 13.7 Å². The zero-order valence-electron chi connectivity index (χ0n) is 9.79. The van der Waals surface area contributed by atoms with Gasteiger partial charge in [0.15, 0.2) is 0 Å². The van der Waals surface area contributed by atoms with Gasteiger partial charge in [0.25, 0.3) is 0 Å². The van der Waals surface area contributed by atoms with E-state index in [1.165, 1.54) is 22.4 Å². The van der Waals surface area contributed by atoms with Crippen LogP contribution in [0, 0.1) is 6.92 Å². The minimum Gasteiger partial charge on any atom is -0.384 e. The van der Waals surface area contributed by atoms with Crippen molar-refractivity contribution < 1.29 is 4.74 Å². The molecule has 0 saturated heterocycles. The molecule has 0 unspecified atom stereocenters. The fraction of sp³-hybridized carbons (Fsp3) is 0.286. The second-order valence-electron chi connectivity index (χ2n) is 3.91. The van der Waals surface area contributed by atoms with Crippen LogP contribution < -0.4 is 0 Å². The Morgan fingerprint density at radius 2 is 1.94 bits per heavy atom. The highest BCUT2D eigenvalue weighted by molar-refractivity contribution is 5.68. The lowest BCUT2D eigenvalue weighted by molar-refractivity contribution is 0.202. The van der Waals surface area contributed by atoms with Gasteiger partial charge in [-0.05, 0) is 24.5 Å². The first-order valence-corrected chi connectivity index (χ1v) is 5.54. The summed E-state index contributed by atoms with van der Waals surface area (Å²) in [6.45, 7) is 2.87. The van der Waals surface area contributed by atoms with Crippen molar-refractivity contribution in [3.8, 4) is 11.1 Å². The summed E-state index contributed by atoms with van der Waals surface area (Å²) in [6, 6.07) is 10.4. The summed E-state index contributed by atoms with van der Waals surface area (Å²) in [5.74, 6) is 0.